The van der Waals surface area contributed by atoms with E-state index in [-0.39, 0.29) is 16.8 Å². The standard InChI is InChI=1S/C13H10Cl2N6O/c1-7-18-19-20-21(7)9-4-2-3-8(5-9)16-13(22)11-6-10(14)12(15)17-11/h2-6,17H,1H3,(H,16,22). The fraction of sp³-hybridized carbons (Fsp3) is 0.0769. The van der Waals surface area contributed by atoms with Crippen molar-refractivity contribution in [2.45, 2.75) is 6.92 Å². The van der Waals surface area contributed by atoms with Crippen LogP contribution in [0.5, 0.6) is 0 Å². The molecule has 0 fully saturated rings. The molecule has 2 N–H and O–H groups in total. The van der Waals surface area contributed by atoms with Crippen molar-refractivity contribution in [3.8, 4) is 5.69 Å². The summed E-state index contributed by atoms with van der Waals surface area (Å²) in [5.41, 5.74) is 1.61. The number of H-pyrrole nitrogens is 1. The third-order valence-corrected chi connectivity index (χ3v) is 3.64. The largest absolute Gasteiger partial charge is 0.340 e. The summed E-state index contributed by atoms with van der Waals surface area (Å²) >= 11 is 11.6. The van der Waals surface area contributed by atoms with Crippen LogP contribution in [-0.4, -0.2) is 31.1 Å². The van der Waals surface area contributed by atoms with Crippen LogP contribution in [0.15, 0.2) is 30.3 Å². The number of carbonyl (C=O) groups excluding carboxylic acids is 1. The second-order valence-electron chi connectivity index (χ2n) is 4.49. The summed E-state index contributed by atoms with van der Waals surface area (Å²) in [5, 5.41) is 14.6. The Balaban J connectivity index is 1.84. The highest BCUT2D eigenvalue weighted by Gasteiger charge is 2.12. The molecule has 0 aliphatic rings. The Bertz CT molecular complexity index is 821. The minimum Gasteiger partial charge on any atom is -0.340 e. The van der Waals surface area contributed by atoms with Gasteiger partial charge >= 0.3 is 0 Å². The van der Waals surface area contributed by atoms with E-state index >= 15 is 0 Å². The summed E-state index contributed by atoms with van der Waals surface area (Å²) in [4.78, 5) is 14.8. The molecule has 0 spiro atoms. The van der Waals surface area contributed by atoms with E-state index in [0.29, 0.717) is 16.5 Å². The molecule has 0 aliphatic heterocycles. The average molecular weight is 337 g/mol. The van der Waals surface area contributed by atoms with Gasteiger partial charge in [0.25, 0.3) is 5.91 Å². The molecule has 9 heteroatoms. The topological polar surface area (TPSA) is 88.5 Å². The number of aromatic amines is 1. The highest BCUT2D eigenvalue weighted by atomic mass is 35.5. The number of rotatable bonds is 3. The van der Waals surface area contributed by atoms with Gasteiger partial charge in [0.05, 0.1) is 10.7 Å². The minimum atomic E-state index is -0.348. The van der Waals surface area contributed by atoms with E-state index in [0.717, 1.165) is 5.69 Å². The van der Waals surface area contributed by atoms with E-state index in [9.17, 15) is 4.79 Å². The van der Waals surface area contributed by atoms with Gasteiger partial charge in [0.15, 0.2) is 5.82 Å². The van der Waals surface area contributed by atoms with Gasteiger partial charge in [-0.3, -0.25) is 4.79 Å². The SMILES string of the molecule is Cc1nnnn1-c1cccc(NC(=O)c2cc(Cl)c(Cl)[nH]2)c1. The van der Waals surface area contributed by atoms with Gasteiger partial charge in [-0.1, -0.05) is 29.3 Å². The lowest BCUT2D eigenvalue weighted by molar-refractivity contribution is 0.102. The minimum absolute atomic E-state index is 0.227. The molecule has 0 saturated carbocycles. The molecule has 22 heavy (non-hydrogen) atoms. The van der Waals surface area contributed by atoms with E-state index in [1.54, 1.807) is 29.8 Å². The Morgan fingerprint density at radius 3 is 2.77 bits per heavy atom. The molecule has 0 bridgehead atoms. The first kappa shape index (κ1) is 14.6. The van der Waals surface area contributed by atoms with E-state index in [1.165, 1.54) is 6.07 Å². The van der Waals surface area contributed by atoms with Crippen LogP contribution in [0, 0.1) is 6.92 Å². The molecule has 1 amide bonds. The van der Waals surface area contributed by atoms with Gasteiger partial charge in [-0.05, 0) is 41.6 Å². The van der Waals surface area contributed by atoms with Crippen LogP contribution in [0.3, 0.4) is 0 Å². The highest BCUT2D eigenvalue weighted by molar-refractivity contribution is 6.41. The molecule has 0 saturated heterocycles. The first-order chi connectivity index (χ1) is 10.5. The lowest BCUT2D eigenvalue weighted by atomic mass is 10.2. The van der Waals surface area contributed by atoms with Gasteiger partial charge in [-0.25, -0.2) is 0 Å². The van der Waals surface area contributed by atoms with Crippen LogP contribution in [0.25, 0.3) is 5.69 Å². The molecule has 3 aromatic rings. The Hall–Kier alpha value is -2.38. The van der Waals surface area contributed by atoms with Gasteiger partial charge < -0.3 is 10.3 Å². The van der Waals surface area contributed by atoms with E-state index in [1.807, 2.05) is 6.07 Å². The Morgan fingerprint density at radius 1 is 1.32 bits per heavy atom. The number of halogens is 2. The number of hydrogen-bond acceptors (Lipinski definition) is 4. The Morgan fingerprint density at radius 2 is 2.14 bits per heavy atom. The first-order valence-electron chi connectivity index (χ1n) is 6.25. The summed E-state index contributed by atoms with van der Waals surface area (Å²) in [6, 6.07) is 8.61. The van der Waals surface area contributed by atoms with E-state index in [4.69, 9.17) is 23.2 Å². The molecule has 0 atom stereocenters. The third-order valence-electron chi connectivity index (χ3n) is 2.94. The number of nitrogens with one attached hydrogen (secondary N) is 2. The highest BCUT2D eigenvalue weighted by Crippen LogP contribution is 2.23. The van der Waals surface area contributed by atoms with Crippen LogP contribution in [0.2, 0.25) is 10.2 Å². The van der Waals surface area contributed by atoms with E-state index in [2.05, 4.69) is 25.8 Å². The zero-order valence-electron chi connectivity index (χ0n) is 11.3. The second kappa shape index (κ2) is 5.78. The molecule has 0 radical (unpaired) electrons. The number of aromatic nitrogens is 5. The summed E-state index contributed by atoms with van der Waals surface area (Å²) < 4.78 is 1.57. The van der Waals surface area contributed by atoms with Crippen LogP contribution in [-0.2, 0) is 0 Å². The number of carbonyl (C=O) groups is 1. The number of anilines is 1. The van der Waals surface area contributed by atoms with Crippen LogP contribution >= 0.6 is 23.2 Å². The van der Waals surface area contributed by atoms with Crippen molar-refractivity contribution in [1.82, 2.24) is 25.2 Å². The van der Waals surface area contributed by atoms with Gasteiger partial charge in [0, 0.05) is 5.69 Å². The molecular weight excluding hydrogens is 327 g/mol. The molecule has 2 heterocycles. The molecular formula is C13H10Cl2N6O. The van der Waals surface area contributed by atoms with Crippen LogP contribution < -0.4 is 5.32 Å². The van der Waals surface area contributed by atoms with Gasteiger partial charge in [-0.15, -0.1) is 5.10 Å². The van der Waals surface area contributed by atoms with Crippen molar-refractivity contribution < 1.29 is 4.79 Å². The number of amides is 1. The fourth-order valence-electron chi connectivity index (χ4n) is 1.91. The molecule has 0 aliphatic carbocycles. The van der Waals surface area contributed by atoms with Crippen molar-refractivity contribution in [2.75, 3.05) is 5.32 Å². The number of tetrazole rings is 1. The normalized spacial score (nSPS) is 10.7. The predicted molar refractivity (Wildman–Crippen MR) is 82.7 cm³/mol. The van der Waals surface area contributed by atoms with Gasteiger partial charge in [0.1, 0.15) is 10.8 Å². The van der Waals surface area contributed by atoms with Gasteiger partial charge in [-0.2, -0.15) is 4.68 Å². The molecule has 1 aromatic carbocycles. The van der Waals surface area contributed by atoms with Crippen molar-refractivity contribution in [3.63, 3.8) is 0 Å². The lowest BCUT2D eigenvalue weighted by Gasteiger charge is -2.07. The number of nitrogens with zero attached hydrogens (tertiary/aromatic N) is 4. The first-order valence-corrected chi connectivity index (χ1v) is 7.01. The zero-order valence-corrected chi connectivity index (χ0v) is 12.9. The zero-order chi connectivity index (χ0) is 15.7. The summed E-state index contributed by atoms with van der Waals surface area (Å²) in [7, 11) is 0. The summed E-state index contributed by atoms with van der Waals surface area (Å²) in [6.45, 7) is 1.79. The summed E-state index contributed by atoms with van der Waals surface area (Å²) in [5.74, 6) is 0.297. The maximum absolute atomic E-state index is 12.1. The van der Waals surface area contributed by atoms with Crippen LogP contribution in [0.1, 0.15) is 16.3 Å². The smallest absolute Gasteiger partial charge is 0.272 e. The third kappa shape index (κ3) is 2.81. The maximum Gasteiger partial charge on any atom is 0.272 e. The Labute approximate surface area is 135 Å². The predicted octanol–water partition coefficient (Wildman–Crippen LogP) is 2.86. The molecule has 0 unspecified atom stereocenters. The van der Waals surface area contributed by atoms with Crippen LogP contribution in [0.4, 0.5) is 5.69 Å². The monoisotopic (exact) mass is 336 g/mol. The molecule has 7 nitrogen and oxygen atoms in total. The van der Waals surface area contributed by atoms with E-state index < -0.39 is 0 Å². The number of benzene rings is 1. The molecule has 2 aromatic heterocycles. The average Bonchev–Trinajstić information content (AvgIpc) is 3.06. The van der Waals surface area contributed by atoms with Crippen molar-refractivity contribution in [3.05, 3.63) is 52.0 Å². The van der Waals surface area contributed by atoms with Crippen molar-refractivity contribution in [2.24, 2.45) is 0 Å². The molecule has 112 valence electrons. The number of aryl methyl sites for hydroxylation is 1. The van der Waals surface area contributed by atoms with Crippen molar-refractivity contribution in [1.29, 1.82) is 0 Å². The molecule has 3 rings (SSSR count). The second-order valence-corrected chi connectivity index (χ2v) is 5.27. The lowest BCUT2D eigenvalue weighted by Crippen LogP contribution is -2.12. The fourth-order valence-corrected chi connectivity index (χ4v) is 2.22. The maximum atomic E-state index is 12.1. The summed E-state index contributed by atoms with van der Waals surface area (Å²) in [6.07, 6.45) is 0. The van der Waals surface area contributed by atoms with Gasteiger partial charge in [0.2, 0.25) is 0 Å². The van der Waals surface area contributed by atoms with Crippen molar-refractivity contribution >= 4 is 34.8 Å². The quantitative estimate of drug-likeness (QED) is 0.769. The number of hydrogen-bond donors (Lipinski definition) is 2. The Kier molecular flexibility index (Phi) is 3.82.